The van der Waals surface area contributed by atoms with Crippen molar-refractivity contribution in [3.8, 4) is 0 Å². The molecule has 0 saturated carbocycles. The lowest BCUT2D eigenvalue weighted by Crippen LogP contribution is -2.32. The molecule has 1 N–H and O–H groups in total. The van der Waals surface area contributed by atoms with E-state index in [-0.39, 0.29) is 6.04 Å². The molecule has 1 aliphatic rings. The van der Waals surface area contributed by atoms with Crippen LogP contribution in [0.5, 0.6) is 0 Å². The Bertz CT molecular complexity index is 662. The first-order valence-electron chi connectivity index (χ1n) is 8.22. The van der Waals surface area contributed by atoms with E-state index in [1.54, 1.807) is 12.2 Å². The van der Waals surface area contributed by atoms with Crippen molar-refractivity contribution < 1.29 is 9.90 Å². The van der Waals surface area contributed by atoms with Gasteiger partial charge in [0, 0.05) is 16.4 Å². The van der Waals surface area contributed by atoms with Crippen molar-refractivity contribution in [3.63, 3.8) is 0 Å². The van der Waals surface area contributed by atoms with Crippen molar-refractivity contribution in [3.05, 3.63) is 70.6 Å². The molecule has 0 aliphatic heterocycles. The lowest BCUT2D eigenvalue weighted by Gasteiger charge is -2.33. The van der Waals surface area contributed by atoms with Crippen LogP contribution < -0.4 is 0 Å². The number of carboxylic acids is 1. The van der Waals surface area contributed by atoms with Gasteiger partial charge in [-0.25, -0.2) is 0 Å². The molecule has 1 aliphatic carbocycles. The van der Waals surface area contributed by atoms with Gasteiger partial charge in [0.15, 0.2) is 0 Å². The molecule has 1 aromatic carbocycles. The van der Waals surface area contributed by atoms with Crippen LogP contribution >= 0.6 is 0 Å². The molecule has 126 valence electrons. The summed E-state index contributed by atoms with van der Waals surface area (Å²) in [6, 6.07) is 9.85. The molecule has 5 nitrogen and oxygen atoms in total. The highest BCUT2D eigenvalue weighted by Crippen LogP contribution is 2.38. The molecular formula is C19H23N3O2. The monoisotopic (exact) mass is 325 g/mol. The Balaban J connectivity index is 1.94. The van der Waals surface area contributed by atoms with Crippen LogP contribution in [0.25, 0.3) is 10.4 Å². The zero-order chi connectivity index (χ0) is 17.4. The van der Waals surface area contributed by atoms with E-state index in [1.807, 2.05) is 49.4 Å². The Hall–Kier alpha value is -2.52. The number of benzene rings is 1. The van der Waals surface area contributed by atoms with Crippen molar-refractivity contribution in [1.82, 2.24) is 0 Å². The molecule has 1 aromatic rings. The van der Waals surface area contributed by atoms with Gasteiger partial charge in [0.1, 0.15) is 0 Å². The number of aliphatic carboxylic acids is 1. The van der Waals surface area contributed by atoms with Crippen LogP contribution in [0, 0.1) is 11.3 Å². The number of azide groups is 1. The average molecular weight is 325 g/mol. The van der Waals surface area contributed by atoms with Crippen molar-refractivity contribution in [2.45, 2.75) is 38.6 Å². The molecule has 5 heteroatoms. The Morgan fingerprint density at radius 1 is 1.38 bits per heavy atom. The Kier molecular flexibility index (Phi) is 6.21. The highest BCUT2D eigenvalue weighted by Gasteiger charge is 2.36. The van der Waals surface area contributed by atoms with Gasteiger partial charge in [0.2, 0.25) is 0 Å². The summed E-state index contributed by atoms with van der Waals surface area (Å²) in [7, 11) is 0. The van der Waals surface area contributed by atoms with Crippen LogP contribution in [0.4, 0.5) is 0 Å². The maximum atomic E-state index is 11.5. The van der Waals surface area contributed by atoms with E-state index >= 15 is 0 Å². The van der Waals surface area contributed by atoms with Crippen LogP contribution in [0.2, 0.25) is 0 Å². The fourth-order valence-electron chi connectivity index (χ4n) is 3.26. The molecule has 0 heterocycles. The predicted molar refractivity (Wildman–Crippen MR) is 94.4 cm³/mol. The Morgan fingerprint density at radius 3 is 2.79 bits per heavy atom. The normalized spacial score (nSPS) is 23.5. The molecule has 0 aromatic heterocycles. The molecular weight excluding hydrogens is 302 g/mol. The number of carboxylic acid groups (broad SMARTS) is 1. The second-order valence-corrected chi connectivity index (χ2v) is 6.51. The first-order chi connectivity index (χ1) is 11.5. The molecule has 0 amide bonds. The Morgan fingerprint density at radius 2 is 2.12 bits per heavy atom. The molecule has 0 fully saturated rings. The topological polar surface area (TPSA) is 86.1 Å². The third kappa shape index (κ3) is 4.74. The lowest BCUT2D eigenvalue weighted by molar-refractivity contribution is -0.143. The summed E-state index contributed by atoms with van der Waals surface area (Å²) in [5.74, 6) is -1.30. The zero-order valence-corrected chi connectivity index (χ0v) is 13.9. The molecule has 3 unspecified atom stereocenters. The van der Waals surface area contributed by atoms with Crippen LogP contribution in [-0.2, 0) is 11.2 Å². The summed E-state index contributed by atoms with van der Waals surface area (Å²) in [5.41, 5.74) is 9.54. The van der Waals surface area contributed by atoms with Crippen LogP contribution in [-0.4, -0.2) is 17.1 Å². The van der Waals surface area contributed by atoms with Crippen molar-refractivity contribution >= 4 is 5.97 Å². The quantitative estimate of drug-likeness (QED) is 0.418. The standard InChI is InChI=1S/C19H23N3O2/c1-19(12-6-5-11-17(19)18(23)24)13-7-10-16(21-22-20)14-15-8-3-2-4-9-15/h2-6,8-9,11-12,16-17H,7,10,13-14H2,1H3,(H,23,24). The molecule has 3 atom stereocenters. The average Bonchev–Trinajstić information content (AvgIpc) is 2.56. The van der Waals surface area contributed by atoms with Gasteiger partial charge in [0.05, 0.1) is 5.92 Å². The fraction of sp³-hybridized carbons (Fsp3) is 0.421. The molecule has 0 radical (unpaired) electrons. The number of carbonyl (C=O) groups is 1. The fourth-order valence-corrected chi connectivity index (χ4v) is 3.26. The van der Waals surface area contributed by atoms with Gasteiger partial charge in [-0.2, -0.15) is 0 Å². The van der Waals surface area contributed by atoms with E-state index in [9.17, 15) is 9.90 Å². The lowest BCUT2D eigenvalue weighted by atomic mass is 9.71. The summed E-state index contributed by atoms with van der Waals surface area (Å²) >= 11 is 0. The highest BCUT2D eigenvalue weighted by molar-refractivity contribution is 5.74. The van der Waals surface area contributed by atoms with E-state index < -0.39 is 17.3 Å². The summed E-state index contributed by atoms with van der Waals surface area (Å²) in [6.07, 6.45) is 10.4. The summed E-state index contributed by atoms with van der Waals surface area (Å²) < 4.78 is 0. The largest absolute Gasteiger partial charge is 0.481 e. The van der Waals surface area contributed by atoms with E-state index in [4.69, 9.17) is 5.53 Å². The molecule has 2 rings (SSSR count). The van der Waals surface area contributed by atoms with E-state index in [0.29, 0.717) is 6.42 Å². The molecule has 0 bridgehead atoms. The number of hydrogen-bond donors (Lipinski definition) is 1. The van der Waals surface area contributed by atoms with E-state index in [1.165, 1.54) is 0 Å². The van der Waals surface area contributed by atoms with Crippen molar-refractivity contribution in [1.29, 1.82) is 0 Å². The summed E-state index contributed by atoms with van der Waals surface area (Å²) in [5, 5.41) is 13.3. The predicted octanol–water partition coefficient (Wildman–Crippen LogP) is 4.91. The van der Waals surface area contributed by atoms with Gasteiger partial charge in [-0.1, -0.05) is 73.1 Å². The van der Waals surface area contributed by atoms with Gasteiger partial charge in [-0.05, 0) is 30.4 Å². The Labute approximate surface area is 142 Å². The van der Waals surface area contributed by atoms with Crippen LogP contribution in [0.1, 0.15) is 31.7 Å². The smallest absolute Gasteiger partial charge is 0.311 e. The third-order valence-electron chi connectivity index (χ3n) is 4.65. The minimum Gasteiger partial charge on any atom is -0.481 e. The SMILES string of the molecule is CC1(CCCC(Cc2ccccc2)N=[N+]=[N-])C=CC=CC1C(=O)O. The van der Waals surface area contributed by atoms with E-state index in [0.717, 1.165) is 24.8 Å². The van der Waals surface area contributed by atoms with Gasteiger partial charge in [0.25, 0.3) is 0 Å². The molecule has 0 saturated heterocycles. The van der Waals surface area contributed by atoms with Crippen LogP contribution in [0.3, 0.4) is 0 Å². The van der Waals surface area contributed by atoms with Crippen molar-refractivity contribution in [2.24, 2.45) is 16.4 Å². The van der Waals surface area contributed by atoms with Gasteiger partial charge in [-0.3, -0.25) is 4.79 Å². The first-order valence-corrected chi connectivity index (χ1v) is 8.22. The van der Waals surface area contributed by atoms with Gasteiger partial charge in [-0.15, -0.1) is 0 Å². The number of nitrogens with zero attached hydrogens (tertiary/aromatic N) is 3. The maximum Gasteiger partial charge on any atom is 0.311 e. The molecule has 0 spiro atoms. The summed E-state index contributed by atoms with van der Waals surface area (Å²) in [6.45, 7) is 1.98. The maximum absolute atomic E-state index is 11.5. The van der Waals surface area contributed by atoms with E-state index in [2.05, 4.69) is 10.0 Å². The van der Waals surface area contributed by atoms with Gasteiger partial charge >= 0.3 is 5.97 Å². The highest BCUT2D eigenvalue weighted by atomic mass is 16.4. The second-order valence-electron chi connectivity index (χ2n) is 6.51. The minimum absolute atomic E-state index is 0.104. The number of hydrogen-bond acceptors (Lipinski definition) is 2. The van der Waals surface area contributed by atoms with Gasteiger partial charge < -0.3 is 5.11 Å². The molecule has 24 heavy (non-hydrogen) atoms. The minimum atomic E-state index is -0.797. The summed E-state index contributed by atoms with van der Waals surface area (Å²) in [4.78, 5) is 14.4. The first kappa shape index (κ1) is 17.8. The van der Waals surface area contributed by atoms with Crippen LogP contribution in [0.15, 0.2) is 59.8 Å². The van der Waals surface area contributed by atoms with Crippen molar-refractivity contribution in [2.75, 3.05) is 0 Å². The zero-order valence-electron chi connectivity index (χ0n) is 13.9. The third-order valence-corrected chi connectivity index (χ3v) is 4.65. The number of allylic oxidation sites excluding steroid dienone is 3. The number of rotatable bonds is 8. The second kappa shape index (κ2) is 8.37.